The molecule has 2 unspecified atom stereocenters. The lowest BCUT2D eigenvalue weighted by Crippen LogP contribution is -2.53. The molecule has 0 amide bonds. The maximum Gasteiger partial charge on any atom is 0.163 e. The Bertz CT molecular complexity index is 1030. The second-order valence-electron chi connectivity index (χ2n) is 8.48. The molecule has 5 nitrogen and oxygen atoms in total. The number of ether oxygens (including phenoxy) is 1. The van der Waals surface area contributed by atoms with Gasteiger partial charge >= 0.3 is 0 Å². The molecule has 31 heavy (non-hydrogen) atoms. The molecule has 0 spiro atoms. The lowest BCUT2D eigenvalue weighted by molar-refractivity contribution is -0.0532. The highest BCUT2D eigenvalue weighted by Gasteiger charge is 2.43. The fraction of sp³-hybridized carbons (Fsp3) is 0.478. The standard InChI is InChI=1S/C23H27F2NO4S/c1-14-22(31(28,29)23(10-26-14)15-5-3-2-4-6-15)8-16-7-21(25)18(9-20(16)24)19(11-27)17-12-30-13-17/h2-7,9,14,17,19,22-23,26-27H,8,10-13H2,1H3/t14-,19?,22?,23-/m0/s1. The van der Waals surface area contributed by atoms with E-state index in [1.54, 1.807) is 31.2 Å². The third-order valence-corrected chi connectivity index (χ3v) is 9.24. The molecule has 0 aromatic heterocycles. The van der Waals surface area contributed by atoms with Crippen molar-refractivity contribution in [3.05, 3.63) is 70.8 Å². The summed E-state index contributed by atoms with van der Waals surface area (Å²) >= 11 is 0. The Labute approximate surface area is 181 Å². The van der Waals surface area contributed by atoms with Gasteiger partial charge in [-0.1, -0.05) is 30.3 Å². The van der Waals surface area contributed by atoms with Gasteiger partial charge in [-0.05, 0) is 42.2 Å². The first kappa shape index (κ1) is 22.3. The van der Waals surface area contributed by atoms with Crippen LogP contribution in [0, 0.1) is 17.6 Å². The van der Waals surface area contributed by atoms with Gasteiger partial charge in [-0.2, -0.15) is 0 Å². The lowest BCUT2D eigenvalue weighted by atomic mass is 9.84. The van der Waals surface area contributed by atoms with Crippen molar-refractivity contribution in [2.24, 2.45) is 5.92 Å². The fourth-order valence-corrected chi connectivity index (χ4v) is 6.92. The van der Waals surface area contributed by atoms with E-state index in [0.29, 0.717) is 18.8 Å². The van der Waals surface area contributed by atoms with E-state index in [-0.39, 0.29) is 36.6 Å². The van der Waals surface area contributed by atoms with Gasteiger partial charge in [0.15, 0.2) is 9.84 Å². The zero-order valence-electron chi connectivity index (χ0n) is 17.3. The molecule has 2 aromatic rings. The molecule has 2 saturated heterocycles. The van der Waals surface area contributed by atoms with Gasteiger partial charge in [0.05, 0.1) is 30.3 Å². The molecule has 0 radical (unpaired) electrons. The minimum absolute atomic E-state index is 0.0266. The summed E-state index contributed by atoms with van der Waals surface area (Å²) in [6.45, 7) is 2.53. The van der Waals surface area contributed by atoms with Crippen LogP contribution in [-0.2, 0) is 21.0 Å². The summed E-state index contributed by atoms with van der Waals surface area (Å²) in [6.07, 6.45) is -0.126. The molecule has 2 fully saturated rings. The monoisotopic (exact) mass is 451 g/mol. The van der Waals surface area contributed by atoms with Gasteiger partial charge in [0.2, 0.25) is 0 Å². The van der Waals surface area contributed by atoms with E-state index in [1.165, 1.54) is 0 Å². The van der Waals surface area contributed by atoms with Crippen LogP contribution in [0.3, 0.4) is 0 Å². The van der Waals surface area contributed by atoms with Crippen molar-refractivity contribution < 1.29 is 27.0 Å². The van der Waals surface area contributed by atoms with Crippen LogP contribution in [0.2, 0.25) is 0 Å². The SMILES string of the molecule is C[C@@H]1NC[C@@H](c2ccccc2)S(=O)(=O)C1Cc1cc(F)c(C(CO)C2COC2)cc1F. The zero-order valence-corrected chi connectivity index (χ0v) is 18.1. The smallest absolute Gasteiger partial charge is 0.163 e. The molecule has 2 heterocycles. The molecular weight excluding hydrogens is 424 g/mol. The van der Waals surface area contributed by atoms with Gasteiger partial charge in [0.25, 0.3) is 0 Å². The number of aliphatic hydroxyl groups is 1. The van der Waals surface area contributed by atoms with Crippen molar-refractivity contribution in [1.29, 1.82) is 0 Å². The van der Waals surface area contributed by atoms with Crippen molar-refractivity contribution in [2.45, 2.75) is 35.8 Å². The van der Waals surface area contributed by atoms with E-state index >= 15 is 0 Å². The number of sulfone groups is 1. The molecule has 2 aromatic carbocycles. The molecule has 0 bridgehead atoms. The fourth-order valence-electron chi connectivity index (χ4n) is 4.55. The first-order chi connectivity index (χ1) is 14.8. The largest absolute Gasteiger partial charge is 0.396 e. The van der Waals surface area contributed by atoms with E-state index in [1.807, 2.05) is 6.07 Å². The highest BCUT2D eigenvalue weighted by atomic mass is 32.2. The van der Waals surface area contributed by atoms with Crippen LogP contribution < -0.4 is 5.32 Å². The number of rotatable bonds is 6. The molecule has 8 heteroatoms. The Kier molecular flexibility index (Phi) is 6.44. The van der Waals surface area contributed by atoms with Crippen LogP contribution in [0.1, 0.15) is 34.8 Å². The van der Waals surface area contributed by atoms with E-state index < -0.39 is 43.9 Å². The summed E-state index contributed by atoms with van der Waals surface area (Å²) < 4.78 is 61.7. The molecule has 0 aliphatic carbocycles. The maximum atomic E-state index is 15.0. The summed E-state index contributed by atoms with van der Waals surface area (Å²) in [5.41, 5.74) is 0.818. The third kappa shape index (κ3) is 4.26. The van der Waals surface area contributed by atoms with Crippen LogP contribution in [0.5, 0.6) is 0 Å². The van der Waals surface area contributed by atoms with E-state index in [9.17, 15) is 22.3 Å². The van der Waals surface area contributed by atoms with Gasteiger partial charge in [0.1, 0.15) is 11.6 Å². The van der Waals surface area contributed by atoms with E-state index in [4.69, 9.17) is 4.74 Å². The van der Waals surface area contributed by atoms with Crippen molar-refractivity contribution in [2.75, 3.05) is 26.4 Å². The van der Waals surface area contributed by atoms with Gasteiger partial charge in [-0.25, -0.2) is 17.2 Å². The van der Waals surface area contributed by atoms with Crippen LogP contribution in [0.15, 0.2) is 42.5 Å². The lowest BCUT2D eigenvalue weighted by Gasteiger charge is -2.36. The number of hydrogen-bond donors (Lipinski definition) is 2. The van der Waals surface area contributed by atoms with E-state index in [0.717, 1.165) is 12.1 Å². The number of benzene rings is 2. The molecule has 2 aliphatic heterocycles. The van der Waals surface area contributed by atoms with Crippen molar-refractivity contribution >= 4 is 9.84 Å². The topological polar surface area (TPSA) is 75.6 Å². The minimum atomic E-state index is -3.64. The Morgan fingerprint density at radius 2 is 1.87 bits per heavy atom. The second kappa shape index (κ2) is 8.94. The third-order valence-electron chi connectivity index (χ3n) is 6.59. The number of aliphatic hydroxyl groups excluding tert-OH is 1. The zero-order chi connectivity index (χ0) is 22.2. The highest BCUT2D eigenvalue weighted by molar-refractivity contribution is 7.92. The number of hydrogen-bond acceptors (Lipinski definition) is 5. The average Bonchev–Trinajstić information content (AvgIpc) is 2.70. The number of halogens is 2. The van der Waals surface area contributed by atoms with Crippen LogP contribution >= 0.6 is 0 Å². The Morgan fingerprint density at radius 3 is 2.48 bits per heavy atom. The quantitative estimate of drug-likeness (QED) is 0.707. The van der Waals surface area contributed by atoms with Gasteiger partial charge < -0.3 is 15.2 Å². The number of nitrogens with one attached hydrogen (secondary N) is 1. The normalized spacial score (nSPS) is 26.9. The van der Waals surface area contributed by atoms with Crippen molar-refractivity contribution in [3.8, 4) is 0 Å². The highest BCUT2D eigenvalue weighted by Crippen LogP contribution is 2.35. The molecule has 4 rings (SSSR count). The van der Waals surface area contributed by atoms with Crippen LogP contribution in [0.4, 0.5) is 8.78 Å². The molecule has 168 valence electrons. The predicted octanol–water partition coefficient (Wildman–Crippen LogP) is 2.75. The summed E-state index contributed by atoms with van der Waals surface area (Å²) in [5.74, 6) is -1.88. The summed E-state index contributed by atoms with van der Waals surface area (Å²) in [6, 6.07) is 10.7. The van der Waals surface area contributed by atoms with Gasteiger partial charge in [0, 0.05) is 24.4 Å². The summed E-state index contributed by atoms with van der Waals surface area (Å²) in [4.78, 5) is 0. The summed E-state index contributed by atoms with van der Waals surface area (Å²) in [5, 5.41) is 11.3. The van der Waals surface area contributed by atoms with Crippen LogP contribution in [0.25, 0.3) is 0 Å². The molecule has 4 atom stereocenters. The molecule has 2 aliphatic rings. The van der Waals surface area contributed by atoms with Crippen LogP contribution in [-0.4, -0.2) is 51.2 Å². The van der Waals surface area contributed by atoms with Gasteiger partial charge in [-0.15, -0.1) is 0 Å². The van der Waals surface area contributed by atoms with Crippen molar-refractivity contribution in [1.82, 2.24) is 5.32 Å². The minimum Gasteiger partial charge on any atom is -0.396 e. The first-order valence-corrected chi connectivity index (χ1v) is 12.1. The van der Waals surface area contributed by atoms with Gasteiger partial charge in [-0.3, -0.25) is 0 Å². The van der Waals surface area contributed by atoms with Crippen molar-refractivity contribution in [3.63, 3.8) is 0 Å². The Hall–Kier alpha value is -1.87. The summed E-state index contributed by atoms with van der Waals surface area (Å²) in [7, 11) is -3.64. The Balaban J connectivity index is 1.62. The molecule has 0 saturated carbocycles. The average molecular weight is 452 g/mol. The Morgan fingerprint density at radius 1 is 1.16 bits per heavy atom. The molecular formula is C23H27F2NO4S. The molecule has 2 N–H and O–H groups in total. The van der Waals surface area contributed by atoms with E-state index in [2.05, 4.69) is 5.32 Å². The predicted molar refractivity (Wildman–Crippen MR) is 114 cm³/mol. The maximum absolute atomic E-state index is 15.0. The second-order valence-corrected chi connectivity index (χ2v) is 10.8. The first-order valence-electron chi connectivity index (χ1n) is 10.5.